The number of nitrogens with two attached hydrogens (primary N) is 1. The molecule has 21 nitrogen and oxygen atoms in total. The van der Waals surface area contributed by atoms with Crippen LogP contribution in [0.3, 0.4) is 0 Å². The molecule has 1 fully saturated rings. The number of carbonyl (C=O) groups excluding carboxylic acids is 3. The summed E-state index contributed by atoms with van der Waals surface area (Å²) in [6.07, 6.45) is 11.4. The number of anilines is 1. The fraction of sp³-hybridized carbons (Fsp3) is 0.771. The van der Waals surface area contributed by atoms with Crippen molar-refractivity contribution in [3.8, 4) is 0 Å². The fourth-order valence-electron chi connectivity index (χ4n) is 8.30. The van der Waals surface area contributed by atoms with Crippen molar-refractivity contribution in [2.45, 2.75) is 204 Å². The largest absolute Gasteiger partial charge is 0.481 e. The van der Waals surface area contributed by atoms with Crippen molar-refractivity contribution in [3.05, 3.63) is 47.1 Å². The number of allylic oxidation sites excluding steroid dienone is 2. The lowest BCUT2D eigenvalue weighted by molar-refractivity contribution is -0.183. The van der Waals surface area contributed by atoms with E-state index in [0.717, 1.165) is 55.7 Å². The molecule has 8 N–H and O–H groups in total. The number of phosphoric acid groups is 2. The number of aromatic nitrogens is 2. The fourth-order valence-corrected chi connectivity index (χ4v) is 10.4. The van der Waals surface area contributed by atoms with Gasteiger partial charge >= 0.3 is 33.3 Å². The molecule has 0 radical (unpaired) electrons. The van der Waals surface area contributed by atoms with Crippen LogP contribution in [0.15, 0.2) is 41.4 Å². The summed E-state index contributed by atoms with van der Waals surface area (Å²) in [7, 11) is -11.3. The topological polar surface area (TPSA) is 323 Å². The van der Waals surface area contributed by atoms with Crippen LogP contribution in [0.25, 0.3) is 0 Å². The number of hydrogen-bond acceptors (Lipinski definition) is 18. The van der Waals surface area contributed by atoms with Crippen LogP contribution in [-0.2, 0) is 51.1 Å². The highest BCUT2D eigenvalue weighted by atomic mass is 31.3. The maximum atomic E-state index is 14.2. The van der Waals surface area contributed by atoms with Crippen molar-refractivity contribution < 1.29 is 81.3 Å². The summed E-state index contributed by atoms with van der Waals surface area (Å²) in [5, 5.41) is 45.5. The second kappa shape index (κ2) is 33.6. The number of rotatable bonds is 22. The smallest absolute Gasteiger partial charge is 0.462 e. The third kappa shape index (κ3) is 24.6. The highest BCUT2D eigenvalue weighted by Crippen LogP contribution is 2.60. The Kier molecular flexibility index (Phi) is 29.4. The molecule has 3 heterocycles. The van der Waals surface area contributed by atoms with Gasteiger partial charge in [-0.1, -0.05) is 134 Å². The van der Waals surface area contributed by atoms with Crippen molar-refractivity contribution in [2.24, 2.45) is 11.8 Å². The van der Waals surface area contributed by atoms with E-state index in [1.54, 1.807) is 12.2 Å². The van der Waals surface area contributed by atoms with Crippen LogP contribution in [0.2, 0.25) is 0 Å². The predicted octanol–water partition coefficient (Wildman–Crippen LogP) is 6.81. The first-order valence-corrected chi connectivity index (χ1v) is 28.4. The third-order valence-electron chi connectivity index (χ3n) is 12.4. The van der Waals surface area contributed by atoms with Gasteiger partial charge in [0.1, 0.15) is 36.6 Å². The average molecular weight is 1050 g/mol. The maximum absolute atomic E-state index is 14.2. The number of Topliss-reactive ketones (excluding diaryl/α,β-unsaturated/α-hetero) is 1. The van der Waals surface area contributed by atoms with Crippen LogP contribution >= 0.6 is 15.6 Å². The maximum Gasteiger partial charge on any atom is 0.481 e. The number of ketones is 1. The summed E-state index contributed by atoms with van der Waals surface area (Å²) in [6.45, 7) is 1.43. The Hall–Kier alpha value is -3.17. The summed E-state index contributed by atoms with van der Waals surface area (Å²) in [5.41, 5.74) is 4.72. The van der Waals surface area contributed by atoms with Crippen LogP contribution < -0.4 is 11.4 Å². The molecule has 0 aromatic carbocycles. The Bertz CT molecular complexity index is 1950. The molecule has 0 saturated carbocycles. The van der Waals surface area contributed by atoms with E-state index in [0.29, 0.717) is 19.3 Å². The molecule has 2 bridgehead atoms. The third-order valence-corrected chi connectivity index (χ3v) is 15.0. The number of ether oxygens (including phenoxy) is 3. The zero-order valence-electron chi connectivity index (χ0n) is 41.5. The lowest BCUT2D eigenvalue weighted by Crippen LogP contribution is -2.51. The number of aliphatic hydroxyl groups excluding tert-OH is 4. The van der Waals surface area contributed by atoms with Crippen LogP contribution in [0.4, 0.5) is 5.82 Å². The highest BCUT2D eigenvalue weighted by molar-refractivity contribution is 7.61. The number of aliphatic hydroxyl groups is 4. The van der Waals surface area contributed by atoms with Gasteiger partial charge in [0, 0.05) is 31.4 Å². The minimum absolute atomic E-state index is 0.000914. The van der Waals surface area contributed by atoms with Crippen LogP contribution in [0.5, 0.6) is 0 Å². The monoisotopic (exact) mass is 1050 g/mol. The minimum Gasteiger partial charge on any atom is -0.462 e. The van der Waals surface area contributed by atoms with Gasteiger partial charge in [-0.05, 0) is 38.2 Å². The Labute approximate surface area is 417 Å². The Morgan fingerprint density at radius 3 is 2.10 bits per heavy atom. The van der Waals surface area contributed by atoms with Gasteiger partial charge in [-0.25, -0.2) is 13.9 Å². The van der Waals surface area contributed by atoms with Gasteiger partial charge in [0.15, 0.2) is 6.10 Å². The minimum atomic E-state index is -5.72. The van der Waals surface area contributed by atoms with E-state index in [9.17, 15) is 58.5 Å². The van der Waals surface area contributed by atoms with E-state index < -0.39 is 120 Å². The normalized spacial score (nSPS) is 30.0. The van der Waals surface area contributed by atoms with Crippen LogP contribution in [0.1, 0.15) is 168 Å². The number of nitrogens with zero attached hydrogens (tertiary/aromatic N) is 2. The van der Waals surface area contributed by atoms with Gasteiger partial charge < -0.3 is 50.2 Å². The molecule has 1 aromatic rings. The van der Waals surface area contributed by atoms with Gasteiger partial charge in [-0.3, -0.25) is 28.0 Å². The summed E-state index contributed by atoms with van der Waals surface area (Å²) in [6, 6.07) is 1.21. The molecule has 2 unspecified atom stereocenters. The molecule has 0 aliphatic carbocycles. The van der Waals surface area contributed by atoms with E-state index in [4.69, 9.17) is 29.0 Å². The summed E-state index contributed by atoms with van der Waals surface area (Å²) >= 11 is 0. The average Bonchev–Trinajstić information content (AvgIpc) is 3.30. The molecule has 1 aromatic heterocycles. The number of esters is 2. The first-order chi connectivity index (χ1) is 33.9. The molecule has 2 aliphatic heterocycles. The van der Waals surface area contributed by atoms with Crippen molar-refractivity contribution in [1.29, 1.82) is 0 Å². The van der Waals surface area contributed by atoms with Crippen molar-refractivity contribution in [1.82, 2.24) is 9.55 Å². The Morgan fingerprint density at radius 2 is 1.46 bits per heavy atom. The summed E-state index contributed by atoms with van der Waals surface area (Å²) in [4.78, 5) is 78.3. The van der Waals surface area contributed by atoms with Crippen molar-refractivity contribution in [2.75, 3.05) is 25.6 Å². The van der Waals surface area contributed by atoms with Gasteiger partial charge in [-0.15, -0.1) is 0 Å². The number of carbonyl (C=O) groups is 3. The number of hydrogen-bond donors (Lipinski definition) is 7. The molecule has 1 saturated heterocycles. The molecular formula is C48H81N3O18P2. The lowest BCUT2D eigenvalue weighted by atomic mass is 9.83. The number of fused-ring (bicyclic) bond motifs is 3. The van der Waals surface area contributed by atoms with Gasteiger partial charge in [0.05, 0.1) is 37.4 Å². The Balaban J connectivity index is 1.84. The number of phosphoric ester groups is 2. The number of unbranched alkanes of at least 4 members (excludes halogenated alkanes) is 14. The standard InChI is InChI=1S/C48H81N3O18P2/c1-3-5-7-8-9-10-11-12-13-14-15-16-22-26-44(56)67-36-32-64-43(55)25-21-18-17-20-24-38-40(54)31-39(53)37(28-27-35(52)23-19-6-4-2)45(57)46(58)41(34-66-71(62,63)69-70(60,61)65-33-36)68-47(38)51-30-29-42(49)50-48(51)59/h17,20,27-30,35-39,41,45-47,52-53,57-58H,3-16,18-19,21-26,31-34H2,1-2H3,(H,60,61)(H,62,63)(H2,49,50,59)/b20-17-,28-27?/t35-,36+,37-,38-,39+,41+,45-,46+,47+/m0/s1. The predicted molar refractivity (Wildman–Crippen MR) is 262 cm³/mol. The highest BCUT2D eigenvalue weighted by Gasteiger charge is 2.45. The van der Waals surface area contributed by atoms with E-state index in [1.807, 2.05) is 6.92 Å². The first kappa shape index (κ1) is 62.1. The van der Waals surface area contributed by atoms with Crippen molar-refractivity contribution in [3.63, 3.8) is 0 Å². The van der Waals surface area contributed by atoms with Gasteiger partial charge in [-0.2, -0.15) is 9.29 Å². The van der Waals surface area contributed by atoms with E-state index in [2.05, 4.69) is 16.2 Å². The number of nitrogen functional groups attached to an aromatic ring is 1. The van der Waals surface area contributed by atoms with E-state index in [1.165, 1.54) is 63.2 Å². The first-order valence-electron chi connectivity index (χ1n) is 25.5. The van der Waals surface area contributed by atoms with Crippen LogP contribution in [-0.4, -0.2) is 114 Å². The molecule has 3 rings (SSSR count). The SMILES string of the molecule is CCCCCCCCCCCCCCCC(=O)O[C@@H]1COC(=O)CCC/C=C\C[C@H]2C(=O)C[C@@H](O)[C@H](C=C[C@@H](O)CCCCC)[C@H](O)[C@H](O)[C@@H](COP(=O)(O)OP(=O)(O)OC1)O[C@H]2n1ccc(N)nc1=O. The van der Waals surface area contributed by atoms with Crippen molar-refractivity contribution >= 4 is 39.2 Å². The van der Waals surface area contributed by atoms with Gasteiger partial charge in [0.25, 0.3) is 0 Å². The second-order valence-electron chi connectivity index (χ2n) is 18.5. The van der Waals surface area contributed by atoms with E-state index in [-0.39, 0.29) is 37.9 Å². The van der Waals surface area contributed by atoms with E-state index >= 15 is 0 Å². The zero-order valence-corrected chi connectivity index (χ0v) is 43.3. The molecule has 71 heavy (non-hydrogen) atoms. The summed E-state index contributed by atoms with van der Waals surface area (Å²) in [5.74, 6) is -5.14. The Morgan fingerprint density at radius 1 is 0.859 bits per heavy atom. The summed E-state index contributed by atoms with van der Waals surface area (Å²) < 4.78 is 58.8. The lowest BCUT2D eigenvalue weighted by Gasteiger charge is -2.38. The molecule has 0 spiro atoms. The number of cyclic esters (lactones) is 1. The second-order valence-corrected chi connectivity index (χ2v) is 21.5. The molecule has 2 aliphatic rings. The molecule has 11 atom stereocenters. The molecule has 23 heteroatoms. The molecular weight excluding hydrogens is 968 g/mol. The molecule has 406 valence electrons. The quantitative estimate of drug-likeness (QED) is 0.0271. The zero-order chi connectivity index (χ0) is 52.2. The van der Waals surface area contributed by atoms with Crippen LogP contribution in [0, 0.1) is 11.8 Å². The molecule has 0 amide bonds. The van der Waals surface area contributed by atoms with Gasteiger partial charge in [0.2, 0.25) is 0 Å².